The molecule has 0 bridgehead atoms. The molecule has 1 fully saturated rings. The number of hydrogen-bond donors (Lipinski definition) is 4. The third-order valence-corrected chi connectivity index (χ3v) is 2.57. The lowest BCUT2D eigenvalue weighted by Gasteiger charge is -2.12. The molecular weight excluding hydrogens is 220 g/mol. The molecule has 1 aliphatic rings. The normalized spacial score (nSPS) is 18.9. The molecule has 0 saturated carbocycles. The van der Waals surface area contributed by atoms with Gasteiger partial charge in [-0.1, -0.05) is 6.92 Å². The Bertz CT molecular complexity index is 399. The first-order valence-electron chi connectivity index (χ1n) is 5.59. The van der Waals surface area contributed by atoms with Crippen LogP contribution < -0.4 is 21.9 Å². The number of rotatable bonds is 4. The smallest absolute Gasteiger partial charge is 0.222 e. The van der Waals surface area contributed by atoms with Gasteiger partial charge >= 0.3 is 0 Å². The molecule has 1 saturated heterocycles. The number of nitrogens with two attached hydrogens (primary N) is 1. The molecule has 0 aromatic carbocycles. The maximum atomic E-state index is 11.1. The van der Waals surface area contributed by atoms with E-state index in [1.165, 1.54) is 0 Å². The maximum Gasteiger partial charge on any atom is 0.222 e. The van der Waals surface area contributed by atoms with Crippen molar-refractivity contribution in [2.75, 3.05) is 17.3 Å². The van der Waals surface area contributed by atoms with Crippen molar-refractivity contribution in [3.63, 3.8) is 0 Å². The molecule has 2 rings (SSSR count). The molecular formula is C10H16N6O. The maximum absolute atomic E-state index is 11.1. The molecule has 0 spiro atoms. The first-order valence-corrected chi connectivity index (χ1v) is 5.59. The highest BCUT2D eigenvalue weighted by molar-refractivity contribution is 5.79. The zero-order chi connectivity index (χ0) is 12.3. The van der Waals surface area contributed by atoms with Gasteiger partial charge in [-0.25, -0.2) is 15.8 Å². The Morgan fingerprint density at radius 2 is 2.29 bits per heavy atom. The summed E-state index contributed by atoms with van der Waals surface area (Å²) in [5.74, 6) is 7.36. The summed E-state index contributed by atoms with van der Waals surface area (Å²) in [6.45, 7) is 2.59. The van der Waals surface area contributed by atoms with Crippen LogP contribution in [0.25, 0.3) is 0 Å². The second-order valence-corrected chi connectivity index (χ2v) is 3.90. The summed E-state index contributed by atoms with van der Waals surface area (Å²) in [5.41, 5.74) is 2.50. The monoisotopic (exact) mass is 236 g/mol. The fourth-order valence-corrected chi connectivity index (χ4v) is 1.72. The van der Waals surface area contributed by atoms with Gasteiger partial charge in [-0.2, -0.15) is 0 Å². The Kier molecular flexibility index (Phi) is 3.38. The van der Waals surface area contributed by atoms with E-state index in [2.05, 4.69) is 26.0 Å². The lowest BCUT2D eigenvalue weighted by molar-refractivity contribution is -0.119. The van der Waals surface area contributed by atoms with E-state index in [1.54, 1.807) is 6.07 Å². The summed E-state index contributed by atoms with van der Waals surface area (Å²) in [5, 5.41) is 5.95. The van der Waals surface area contributed by atoms with Crippen LogP contribution in [0, 0.1) is 0 Å². The Morgan fingerprint density at radius 3 is 2.88 bits per heavy atom. The highest BCUT2D eigenvalue weighted by Crippen LogP contribution is 2.14. The number of aromatic nitrogens is 2. The summed E-state index contributed by atoms with van der Waals surface area (Å²) in [6, 6.07) is 1.80. The van der Waals surface area contributed by atoms with Crippen molar-refractivity contribution in [1.29, 1.82) is 0 Å². The number of hydrogen-bond acceptors (Lipinski definition) is 6. The van der Waals surface area contributed by atoms with Crippen molar-refractivity contribution in [3.8, 4) is 0 Å². The summed E-state index contributed by atoms with van der Waals surface area (Å²) in [7, 11) is 0. The van der Waals surface area contributed by atoms with Crippen molar-refractivity contribution >= 4 is 17.5 Å². The van der Waals surface area contributed by atoms with Crippen LogP contribution in [0.15, 0.2) is 6.07 Å². The fraction of sp³-hybridized carbons (Fsp3) is 0.500. The molecule has 17 heavy (non-hydrogen) atoms. The van der Waals surface area contributed by atoms with E-state index in [9.17, 15) is 4.79 Å². The van der Waals surface area contributed by atoms with Crippen LogP contribution >= 0.6 is 0 Å². The highest BCUT2D eigenvalue weighted by Gasteiger charge is 2.21. The standard InChI is InChI=1S/C10H16N6O/c1-2-7-14-8(4-9(15-7)16-11)13-6-3-10(17)12-5-6/h4,6H,2-3,5,11H2,1H3,(H,12,17)(H2,13,14,15,16). The predicted molar refractivity (Wildman–Crippen MR) is 64.3 cm³/mol. The summed E-state index contributed by atoms with van der Waals surface area (Å²) >= 11 is 0. The second kappa shape index (κ2) is 4.96. The van der Waals surface area contributed by atoms with Crippen LogP contribution in [0.2, 0.25) is 0 Å². The van der Waals surface area contributed by atoms with Crippen LogP contribution in [0.3, 0.4) is 0 Å². The first-order chi connectivity index (χ1) is 8.21. The molecule has 0 aliphatic carbocycles. The number of nitrogen functional groups attached to an aromatic ring is 1. The number of hydrazine groups is 1. The quantitative estimate of drug-likeness (QED) is 0.420. The third kappa shape index (κ3) is 2.82. The van der Waals surface area contributed by atoms with E-state index in [-0.39, 0.29) is 11.9 Å². The molecule has 5 N–H and O–H groups in total. The topological polar surface area (TPSA) is 105 Å². The van der Waals surface area contributed by atoms with Crippen LogP contribution in [0.4, 0.5) is 11.6 Å². The SMILES string of the molecule is CCc1nc(NN)cc(NC2CNC(=O)C2)n1. The Morgan fingerprint density at radius 1 is 1.53 bits per heavy atom. The molecule has 1 aromatic heterocycles. The Balaban J connectivity index is 2.11. The van der Waals surface area contributed by atoms with E-state index in [1.807, 2.05) is 6.92 Å². The molecule has 0 radical (unpaired) electrons. The summed E-state index contributed by atoms with van der Waals surface area (Å²) in [4.78, 5) is 19.6. The molecule has 7 nitrogen and oxygen atoms in total. The number of aryl methyl sites for hydroxylation is 1. The number of nitrogens with one attached hydrogen (secondary N) is 3. The second-order valence-electron chi connectivity index (χ2n) is 3.90. The molecule has 1 amide bonds. The van der Waals surface area contributed by atoms with Gasteiger partial charge in [0.05, 0.1) is 6.04 Å². The molecule has 1 aromatic rings. The molecule has 7 heteroatoms. The number of nitrogens with zero attached hydrogens (tertiary/aromatic N) is 2. The van der Waals surface area contributed by atoms with Gasteiger partial charge in [0.2, 0.25) is 5.91 Å². The largest absolute Gasteiger partial charge is 0.365 e. The first kappa shape index (κ1) is 11.6. The molecule has 1 aliphatic heterocycles. The minimum absolute atomic E-state index is 0.0597. The van der Waals surface area contributed by atoms with E-state index in [0.717, 1.165) is 6.42 Å². The van der Waals surface area contributed by atoms with Crippen molar-refractivity contribution in [1.82, 2.24) is 15.3 Å². The Labute approximate surface area is 99.2 Å². The lowest BCUT2D eigenvalue weighted by Crippen LogP contribution is -2.23. The van der Waals surface area contributed by atoms with Gasteiger partial charge in [0.15, 0.2) is 0 Å². The van der Waals surface area contributed by atoms with Crippen LogP contribution in [0.1, 0.15) is 19.2 Å². The third-order valence-electron chi connectivity index (χ3n) is 2.57. The minimum Gasteiger partial charge on any atom is -0.365 e. The van der Waals surface area contributed by atoms with Gasteiger partial charge < -0.3 is 16.1 Å². The van der Waals surface area contributed by atoms with E-state index in [4.69, 9.17) is 5.84 Å². The van der Waals surface area contributed by atoms with E-state index in [0.29, 0.717) is 30.4 Å². The zero-order valence-electron chi connectivity index (χ0n) is 9.66. The number of carbonyl (C=O) groups excluding carboxylic acids is 1. The molecule has 1 unspecified atom stereocenters. The van der Waals surface area contributed by atoms with Crippen molar-refractivity contribution in [3.05, 3.63) is 11.9 Å². The van der Waals surface area contributed by atoms with Crippen LogP contribution in [-0.4, -0.2) is 28.5 Å². The van der Waals surface area contributed by atoms with E-state index < -0.39 is 0 Å². The van der Waals surface area contributed by atoms with Gasteiger partial charge in [-0.05, 0) is 0 Å². The number of anilines is 2. The van der Waals surface area contributed by atoms with Gasteiger partial charge in [0.25, 0.3) is 0 Å². The van der Waals surface area contributed by atoms with Crippen molar-refractivity contribution < 1.29 is 4.79 Å². The van der Waals surface area contributed by atoms with Gasteiger partial charge in [0, 0.05) is 25.5 Å². The number of carbonyl (C=O) groups is 1. The van der Waals surface area contributed by atoms with Crippen LogP contribution in [-0.2, 0) is 11.2 Å². The summed E-state index contributed by atoms with van der Waals surface area (Å²) < 4.78 is 0. The Hall–Kier alpha value is -1.89. The van der Waals surface area contributed by atoms with Crippen molar-refractivity contribution in [2.24, 2.45) is 5.84 Å². The van der Waals surface area contributed by atoms with Gasteiger partial charge in [-0.3, -0.25) is 4.79 Å². The molecule has 92 valence electrons. The zero-order valence-corrected chi connectivity index (χ0v) is 9.66. The lowest BCUT2D eigenvalue weighted by atomic mass is 10.2. The molecule has 1 atom stereocenters. The van der Waals surface area contributed by atoms with Crippen molar-refractivity contribution in [2.45, 2.75) is 25.8 Å². The van der Waals surface area contributed by atoms with E-state index >= 15 is 0 Å². The fourth-order valence-electron chi connectivity index (χ4n) is 1.72. The van der Waals surface area contributed by atoms with Gasteiger partial charge in [0.1, 0.15) is 17.5 Å². The average Bonchev–Trinajstić information content (AvgIpc) is 2.74. The minimum atomic E-state index is 0.0597. The van der Waals surface area contributed by atoms with Gasteiger partial charge in [-0.15, -0.1) is 0 Å². The summed E-state index contributed by atoms with van der Waals surface area (Å²) in [6.07, 6.45) is 1.20. The molecule has 2 heterocycles. The van der Waals surface area contributed by atoms with Crippen LogP contribution in [0.5, 0.6) is 0 Å². The predicted octanol–water partition coefficient (Wildman–Crippen LogP) is -0.375. The highest BCUT2D eigenvalue weighted by atomic mass is 16.1. The average molecular weight is 236 g/mol. The number of amides is 1.